The maximum absolute atomic E-state index is 10.3. The van der Waals surface area contributed by atoms with E-state index in [1.54, 1.807) is 5.32 Å². The standard InChI is InChI=1S/C6H10NO3/c1-2-3-4-10-6(9)7-5-8/h2-4H2,1H3,(H,7,8,9). The Morgan fingerprint density at radius 1 is 1.70 bits per heavy atom. The molecule has 1 radical (unpaired) electrons. The van der Waals surface area contributed by atoms with E-state index in [9.17, 15) is 9.59 Å². The van der Waals surface area contributed by atoms with E-state index in [4.69, 9.17) is 0 Å². The molecule has 0 unspecified atom stereocenters. The van der Waals surface area contributed by atoms with Crippen molar-refractivity contribution in [2.75, 3.05) is 6.61 Å². The molecular formula is C6H10NO3. The van der Waals surface area contributed by atoms with Gasteiger partial charge in [-0.15, -0.1) is 0 Å². The monoisotopic (exact) mass is 144 g/mol. The van der Waals surface area contributed by atoms with Crippen molar-refractivity contribution in [2.45, 2.75) is 19.8 Å². The molecule has 0 aromatic rings. The van der Waals surface area contributed by atoms with Crippen LogP contribution in [0.1, 0.15) is 19.8 Å². The molecule has 0 saturated carbocycles. The van der Waals surface area contributed by atoms with Crippen LogP contribution in [0.4, 0.5) is 4.79 Å². The lowest BCUT2D eigenvalue weighted by atomic mass is 10.4. The lowest BCUT2D eigenvalue weighted by Crippen LogP contribution is -2.22. The molecule has 0 heterocycles. The zero-order valence-electron chi connectivity index (χ0n) is 5.85. The van der Waals surface area contributed by atoms with Crippen molar-refractivity contribution in [2.24, 2.45) is 0 Å². The number of hydrogen-bond donors (Lipinski definition) is 1. The summed E-state index contributed by atoms with van der Waals surface area (Å²) in [5, 5.41) is 1.74. The molecule has 10 heavy (non-hydrogen) atoms. The molecule has 4 heteroatoms. The van der Waals surface area contributed by atoms with Crippen LogP contribution >= 0.6 is 0 Å². The molecule has 0 aliphatic carbocycles. The molecule has 0 rings (SSSR count). The van der Waals surface area contributed by atoms with Crippen LogP contribution in [0, 0.1) is 0 Å². The quantitative estimate of drug-likeness (QED) is 0.463. The lowest BCUT2D eigenvalue weighted by Gasteiger charge is -1.99. The summed E-state index contributed by atoms with van der Waals surface area (Å²) in [6.45, 7) is 2.33. The van der Waals surface area contributed by atoms with Crippen molar-refractivity contribution < 1.29 is 14.3 Å². The van der Waals surface area contributed by atoms with Crippen LogP contribution in [0.25, 0.3) is 0 Å². The van der Waals surface area contributed by atoms with Crippen LogP contribution in [0.3, 0.4) is 0 Å². The highest BCUT2D eigenvalue weighted by Crippen LogP contribution is 1.87. The number of imide groups is 1. The average molecular weight is 144 g/mol. The second-order valence-corrected chi connectivity index (χ2v) is 1.72. The largest absolute Gasteiger partial charge is 0.449 e. The molecule has 2 amide bonds. The topological polar surface area (TPSA) is 55.4 Å². The average Bonchev–Trinajstić information content (AvgIpc) is 1.89. The number of ether oxygens (including phenoxy) is 1. The van der Waals surface area contributed by atoms with Gasteiger partial charge in [0.2, 0.25) is 0 Å². The maximum Gasteiger partial charge on any atom is 0.414 e. The van der Waals surface area contributed by atoms with E-state index < -0.39 is 6.09 Å². The SMILES string of the molecule is CCCCOC(=O)N[C]=O. The van der Waals surface area contributed by atoms with Gasteiger partial charge >= 0.3 is 12.5 Å². The number of carbonyl (C=O) groups is 1. The van der Waals surface area contributed by atoms with E-state index >= 15 is 0 Å². The van der Waals surface area contributed by atoms with Gasteiger partial charge in [0, 0.05) is 0 Å². The molecule has 1 N–H and O–H groups in total. The predicted molar refractivity (Wildman–Crippen MR) is 35.1 cm³/mol. The van der Waals surface area contributed by atoms with Crippen molar-refractivity contribution in [3.63, 3.8) is 0 Å². The summed E-state index contributed by atoms with van der Waals surface area (Å²) in [5.74, 6) is 0. The van der Waals surface area contributed by atoms with Gasteiger partial charge in [-0.2, -0.15) is 0 Å². The van der Waals surface area contributed by atoms with Crippen LogP contribution in [-0.2, 0) is 9.53 Å². The number of nitrogens with one attached hydrogen (secondary N) is 1. The number of alkyl carbamates (subject to hydrolysis) is 1. The van der Waals surface area contributed by atoms with Gasteiger partial charge in [-0.05, 0) is 6.42 Å². The first-order valence-electron chi connectivity index (χ1n) is 3.11. The number of amides is 2. The molecule has 0 saturated heterocycles. The minimum Gasteiger partial charge on any atom is -0.449 e. The highest BCUT2D eigenvalue weighted by Gasteiger charge is 1.97. The molecule has 4 nitrogen and oxygen atoms in total. The summed E-state index contributed by atoms with van der Waals surface area (Å²) in [5.41, 5.74) is 0. The van der Waals surface area contributed by atoms with Crippen LogP contribution in [0.5, 0.6) is 0 Å². The van der Waals surface area contributed by atoms with Gasteiger partial charge in [0.15, 0.2) is 0 Å². The van der Waals surface area contributed by atoms with E-state index in [0.29, 0.717) is 6.61 Å². The van der Waals surface area contributed by atoms with Crippen molar-refractivity contribution >= 4 is 12.5 Å². The zero-order valence-corrected chi connectivity index (χ0v) is 5.85. The third-order valence-electron chi connectivity index (χ3n) is 0.884. The normalized spacial score (nSPS) is 8.50. The Balaban J connectivity index is 3.13. The number of carbonyl (C=O) groups excluding carboxylic acids is 2. The summed E-state index contributed by atoms with van der Waals surface area (Å²) in [4.78, 5) is 19.8. The highest BCUT2D eigenvalue weighted by molar-refractivity contribution is 5.79. The summed E-state index contributed by atoms with van der Waals surface area (Å²) in [6.07, 6.45) is 2.26. The van der Waals surface area contributed by atoms with E-state index in [1.165, 1.54) is 6.41 Å². The van der Waals surface area contributed by atoms with Gasteiger partial charge in [0.1, 0.15) is 0 Å². The van der Waals surface area contributed by atoms with E-state index in [-0.39, 0.29) is 0 Å². The van der Waals surface area contributed by atoms with Gasteiger partial charge < -0.3 is 4.74 Å². The molecule has 0 aromatic carbocycles. The minimum atomic E-state index is -0.733. The van der Waals surface area contributed by atoms with Crippen LogP contribution in [-0.4, -0.2) is 19.1 Å². The molecule has 57 valence electrons. The Bertz CT molecular complexity index is 114. The molecule has 0 aromatic heterocycles. The van der Waals surface area contributed by atoms with E-state index in [1.807, 2.05) is 6.92 Å². The first-order valence-corrected chi connectivity index (χ1v) is 3.11. The fourth-order valence-corrected chi connectivity index (χ4v) is 0.387. The summed E-state index contributed by atoms with van der Waals surface area (Å²) < 4.78 is 4.51. The Kier molecular flexibility index (Phi) is 5.42. The van der Waals surface area contributed by atoms with E-state index in [2.05, 4.69) is 4.74 Å². The number of hydrogen-bond acceptors (Lipinski definition) is 3. The van der Waals surface area contributed by atoms with Crippen molar-refractivity contribution in [1.29, 1.82) is 0 Å². The summed E-state index contributed by atoms with van der Waals surface area (Å²) in [7, 11) is 0. The fraction of sp³-hybridized carbons (Fsp3) is 0.667. The van der Waals surface area contributed by atoms with Crippen molar-refractivity contribution in [1.82, 2.24) is 5.32 Å². The molecule has 0 bridgehead atoms. The van der Waals surface area contributed by atoms with Crippen molar-refractivity contribution in [3.05, 3.63) is 0 Å². The fourth-order valence-electron chi connectivity index (χ4n) is 0.387. The molecule has 0 spiro atoms. The second kappa shape index (κ2) is 6.07. The summed E-state index contributed by atoms with van der Waals surface area (Å²) in [6, 6.07) is 0. The number of unbranched alkanes of at least 4 members (excludes halogenated alkanes) is 1. The minimum absolute atomic E-state index is 0.351. The Morgan fingerprint density at radius 3 is 2.90 bits per heavy atom. The van der Waals surface area contributed by atoms with Crippen molar-refractivity contribution in [3.8, 4) is 0 Å². The smallest absolute Gasteiger partial charge is 0.414 e. The van der Waals surface area contributed by atoms with Crippen LogP contribution in [0.15, 0.2) is 0 Å². The zero-order chi connectivity index (χ0) is 7.82. The Morgan fingerprint density at radius 2 is 2.40 bits per heavy atom. The van der Waals surface area contributed by atoms with Gasteiger partial charge in [0.05, 0.1) is 6.61 Å². The van der Waals surface area contributed by atoms with Gasteiger partial charge in [0.25, 0.3) is 0 Å². The predicted octanol–water partition coefficient (Wildman–Crippen LogP) is 0.580. The first-order chi connectivity index (χ1) is 4.81. The summed E-state index contributed by atoms with van der Waals surface area (Å²) >= 11 is 0. The third kappa shape index (κ3) is 5.08. The lowest BCUT2D eigenvalue weighted by molar-refractivity contribution is 0.149. The third-order valence-corrected chi connectivity index (χ3v) is 0.884. The number of rotatable bonds is 4. The molecule has 0 aliphatic rings. The van der Waals surface area contributed by atoms with Crippen LogP contribution < -0.4 is 5.32 Å². The molecule has 0 fully saturated rings. The van der Waals surface area contributed by atoms with E-state index in [0.717, 1.165) is 12.8 Å². The first kappa shape index (κ1) is 8.94. The molecule has 0 aliphatic heterocycles. The molecule has 0 atom stereocenters. The van der Waals surface area contributed by atoms with Gasteiger partial charge in [-0.25, -0.2) is 4.79 Å². The Hall–Kier alpha value is -1.06. The second-order valence-electron chi connectivity index (χ2n) is 1.72. The Labute approximate surface area is 59.6 Å². The maximum atomic E-state index is 10.3. The highest BCUT2D eigenvalue weighted by atomic mass is 16.5. The molecular weight excluding hydrogens is 134 g/mol. The van der Waals surface area contributed by atoms with Gasteiger partial charge in [-0.1, -0.05) is 13.3 Å². The van der Waals surface area contributed by atoms with Crippen LogP contribution in [0.2, 0.25) is 0 Å². The van der Waals surface area contributed by atoms with Gasteiger partial charge in [-0.3, -0.25) is 10.1 Å².